The minimum Gasteiger partial charge on any atom is -0.490 e. The first-order valence-electron chi connectivity index (χ1n) is 11.9. The number of benzene rings is 3. The Balaban J connectivity index is 1.60. The summed E-state index contributed by atoms with van der Waals surface area (Å²) in [5.74, 6) is -0.713. The number of carbonyl (C=O) groups is 3. The Morgan fingerprint density at radius 1 is 0.947 bits per heavy atom. The Bertz CT molecular complexity index is 1430. The molecule has 0 atom stereocenters. The molecule has 38 heavy (non-hydrogen) atoms. The van der Waals surface area contributed by atoms with Crippen LogP contribution in [-0.2, 0) is 22.6 Å². The lowest BCUT2D eigenvalue weighted by Gasteiger charge is -2.28. The molecule has 0 radical (unpaired) electrons. The number of carbonyl (C=O) groups excluding carboxylic acids is 3. The standard InChI is InChI=1S/C28H25N3O7/c1-3-20-7-5-6-8-23(20)30-27(33)22(26(32)29-28(30)34)15-19-11-14-24(25(16-19)37-4-2)38-17-18-9-12-21(13-10-18)31(35)36/h5-16H,3-4,17H2,1-2H3,(H,29,32,34)/b22-15-. The van der Waals surface area contributed by atoms with Crippen molar-refractivity contribution in [1.29, 1.82) is 0 Å². The highest BCUT2D eigenvalue weighted by atomic mass is 16.6. The Kier molecular flexibility index (Phi) is 7.81. The van der Waals surface area contributed by atoms with Crippen LogP contribution in [0.15, 0.2) is 72.3 Å². The maximum atomic E-state index is 13.3. The summed E-state index contributed by atoms with van der Waals surface area (Å²) in [4.78, 5) is 49.8. The number of urea groups is 1. The van der Waals surface area contributed by atoms with Gasteiger partial charge in [0.1, 0.15) is 12.2 Å². The van der Waals surface area contributed by atoms with Crippen molar-refractivity contribution < 1.29 is 28.8 Å². The molecular formula is C28H25N3O7. The van der Waals surface area contributed by atoms with E-state index in [1.54, 1.807) is 49.4 Å². The number of nitrogens with one attached hydrogen (secondary N) is 1. The smallest absolute Gasteiger partial charge is 0.335 e. The topological polar surface area (TPSA) is 128 Å². The highest BCUT2D eigenvalue weighted by Gasteiger charge is 2.37. The van der Waals surface area contributed by atoms with Gasteiger partial charge in [0.05, 0.1) is 17.2 Å². The molecule has 4 amide bonds. The van der Waals surface area contributed by atoms with E-state index in [9.17, 15) is 24.5 Å². The van der Waals surface area contributed by atoms with Crippen molar-refractivity contribution in [3.8, 4) is 11.5 Å². The number of nitrogens with zero attached hydrogens (tertiary/aromatic N) is 2. The van der Waals surface area contributed by atoms with Crippen molar-refractivity contribution in [3.63, 3.8) is 0 Å². The predicted octanol–water partition coefficient (Wildman–Crippen LogP) is 4.80. The van der Waals surface area contributed by atoms with E-state index in [4.69, 9.17) is 9.47 Å². The van der Waals surface area contributed by atoms with Gasteiger partial charge in [-0.15, -0.1) is 0 Å². The van der Waals surface area contributed by atoms with Crippen LogP contribution in [-0.4, -0.2) is 29.4 Å². The van der Waals surface area contributed by atoms with Gasteiger partial charge < -0.3 is 9.47 Å². The van der Waals surface area contributed by atoms with Gasteiger partial charge in [0.25, 0.3) is 17.5 Å². The van der Waals surface area contributed by atoms with E-state index >= 15 is 0 Å². The van der Waals surface area contributed by atoms with Gasteiger partial charge in [0, 0.05) is 12.1 Å². The van der Waals surface area contributed by atoms with Crippen LogP contribution >= 0.6 is 0 Å². The number of amides is 4. The average molecular weight is 516 g/mol. The number of non-ortho nitro benzene ring substituents is 1. The van der Waals surface area contributed by atoms with Crippen LogP contribution in [0.3, 0.4) is 0 Å². The van der Waals surface area contributed by atoms with Gasteiger partial charge in [0.2, 0.25) is 0 Å². The van der Waals surface area contributed by atoms with Crippen LogP contribution in [0, 0.1) is 10.1 Å². The summed E-state index contributed by atoms with van der Waals surface area (Å²) in [6.07, 6.45) is 1.99. The fraction of sp³-hybridized carbons (Fsp3) is 0.179. The Morgan fingerprint density at radius 3 is 2.37 bits per heavy atom. The van der Waals surface area contributed by atoms with Gasteiger partial charge in [-0.3, -0.25) is 25.0 Å². The minimum absolute atomic E-state index is 0.0131. The second kappa shape index (κ2) is 11.4. The van der Waals surface area contributed by atoms with Gasteiger partial charge in [-0.1, -0.05) is 31.2 Å². The normalized spacial score (nSPS) is 14.4. The molecule has 0 spiro atoms. The van der Waals surface area contributed by atoms with Gasteiger partial charge in [0.15, 0.2) is 11.5 Å². The Morgan fingerprint density at radius 2 is 1.68 bits per heavy atom. The lowest BCUT2D eigenvalue weighted by atomic mass is 10.0. The van der Waals surface area contributed by atoms with Crippen LogP contribution in [0.5, 0.6) is 11.5 Å². The zero-order valence-electron chi connectivity index (χ0n) is 20.8. The van der Waals surface area contributed by atoms with Crippen LogP contribution in [0.2, 0.25) is 0 Å². The van der Waals surface area contributed by atoms with Crippen molar-refractivity contribution in [2.45, 2.75) is 26.9 Å². The molecule has 1 fully saturated rings. The molecule has 194 valence electrons. The summed E-state index contributed by atoms with van der Waals surface area (Å²) in [5, 5.41) is 13.1. The summed E-state index contributed by atoms with van der Waals surface area (Å²) in [7, 11) is 0. The van der Waals surface area contributed by atoms with Gasteiger partial charge >= 0.3 is 6.03 Å². The first-order chi connectivity index (χ1) is 18.3. The van der Waals surface area contributed by atoms with Crippen molar-refractivity contribution in [3.05, 3.63) is 99.1 Å². The van der Waals surface area contributed by atoms with Crippen LogP contribution < -0.4 is 19.7 Å². The number of imide groups is 2. The third kappa shape index (κ3) is 5.54. The molecule has 1 aliphatic heterocycles. The first kappa shape index (κ1) is 26.1. The van der Waals surface area contributed by atoms with Crippen molar-refractivity contribution in [2.75, 3.05) is 11.5 Å². The van der Waals surface area contributed by atoms with E-state index in [1.165, 1.54) is 18.2 Å². The number of hydrogen-bond acceptors (Lipinski definition) is 7. The maximum Gasteiger partial charge on any atom is 0.335 e. The largest absolute Gasteiger partial charge is 0.490 e. The van der Waals surface area contributed by atoms with E-state index in [1.807, 2.05) is 19.1 Å². The van der Waals surface area contributed by atoms with E-state index in [0.717, 1.165) is 16.0 Å². The monoisotopic (exact) mass is 515 g/mol. The molecule has 3 aromatic carbocycles. The number of rotatable bonds is 9. The molecule has 0 saturated carbocycles. The first-order valence-corrected chi connectivity index (χ1v) is 11.9. The van der Waals surface area contributed by atoms with E-state index < -0.39 is 22.8 Å². The molecule has 10 nitrogen and oxygen atoms in total. The second-order valence-corrected chi connectivity index (χ2v) is 8.29. The minimum atomic E-state index is -0.803. The molecule has 1 heterocycles. The summed E-state index contributed by atoms with van der Waals surface area (Å²) < 4.78 is 11.6. The molecule has 0 bridgehead atoms. The van der Waals surface area contributed by atoms with Crippen molar-refractivity contribution in [1.82, 2.24) is 5.32 Å². The number of hydrogen-bond donors (Lipinski definition) is 1. The second-order valence-electron chi connectivity index (χ2n) is 8.29. The number of ether oxygens (including phenoxy) is 2. The van der Waals surface area contributed by atoms with Gasteiger partial charge in [-0.2, -0.15) is 0 Å². The number of anilines is 1. The lowest BCUT2D eigenvalue weighted by molar-refractivity contribution is -0.384. The van der Waals surface area contributed by atoms with Gasteiger partial charge in [-0.05, 0) is 66.4 Å². The fourth-order valence-corrected chi connectivity index (χ4v) is 3.95. The van der Waals surface area contributed by atoms with Gasteiger partial charge in [-0.25, -0.2) is 9.69 Å². The highest BCUT2D eigenvalue weighted by Crippen LogP contribution is 2.31. The molecule has 3 aromatic rings. The molecule has 1 N–H and O–H groups in total. The number of aryl methyl sites for hydroxylation is 1. The third-order valence-electron chi connectivity index (χ3n) is 5.84. The molecular weight excluding hydrogens is 490 g/mol. The van der Waals surface area contributed by atoms with Crippen LogP contribution in [0.1, 0.15) is 30.5 Å². The van der Waals surface area contributed by atoms with E-state index in [0.29, 0.717) is 35.8 Å². The zero-order valence-corrected chi connectivity index (χ0v) is 20.8. The van der Waals surface area contributed by atoms with Crippen molar-refractivity contribution >= 4 is 35.3 Å². The molecule has 4 rings (SSSR count). The van der Waals surface area contributed by atoms with E-state index in [2.05, 4.69) is 5.32 Å². The number of barbiturate groups is 1. The SMILES string of the molecule is CCOc1cc(/C=C2/C(=O)NC(=O)N(c3ccccc3CC)C2=O)ccc1OCc1ccc([N+](=O)[O-])cc1. The maximum absolute atomic E-state index is 13.3. The predicted molar refractivity (Wildman–Crippen MR) is 140 cm³/mol. The summed E-state index contributed by atoms with van der Waals surface area (Å²) in [6.45, 7) is 4.20. The summed E-state index contributed by atoms with van der Waals surface area (Å²) in [6, 6.07) is 17.1. The average Bonchev–Trinajstić information content (AvgIpc) is 2.91. The fourth-order valence-electron chi connectivity index (χ4n) is 3.95. The summed E-state index contributed by atoms with van der Waals surface area (Å²) in [5.41, 5.74) is 2.22. The number of nitro groups is 1. The molecule has 0 aromatic heterocycles. The van der Waals surface area contributed by atoms with Crippen molar-refractivity contribution in [2.24, 2.45) is 0 Å². The quantitative estimate of drug-likeness (QED) is 0.188. The number of para-hydroxylation sites is 1. The molecule has 0 unspecified atom stereocenters. The molecule has 10 heteroatoms. The molecule has 1 aliphatic rings. The number of nitro benzene ring substituents is 1. The Hall–Kier alpha value is -4.99. The zero-order chi connectivity index (χ0) is 27.2. The lowest BCUT2D eigenvalue weighted by Crippen LogP contribution is -2.54. The van der Waals surface area contributed by atoms with Crippen LogP contribution in [0.25, 0.3) is 6.08 Å². The Labute approximate surface area is 218 Å². The molecule has 1 saturated heterocycles. The molecule has 0 aliphatic carbocycles. The van der Waals surface area contributed by atoms with Crippen LogP contribution in [0.4, 0.5) is 16.2 Å². The summed E-state index contributed by atoms with van der Waals surface area (Å²) >= 11 is 0. The van der Waals surface area contributed by atoms with E-state index in [-0.39, 0.29) is 17.9 Å². The third-order valence-corrected chi connectivity index (χ3v) is 5.84. The highest BCUT2D eigenvalue weighted by molar-refractivity contribution is 6.39.